The number of imidazole rings is 1. The largest absolute Gasteiger partial charge is 0.490 e. The lowest BCUT2D eigenvalue weighted by atomic mass is 10.1. The summed E-state index contributed by atoms with van der Waals surface area (Å²) in [6, 6.07) is 10.7. The number of anilines is 1. The lowest BCUT2D eigenvalue weighted by Crippen LogP contribution is -2.22. The quantitative estimate of drug-likeness (QED) is 0.504. The predicted octanol–water partition coefficient (Wildman–Crippen LogP) is 3.14. The Morgan fingerprint density at radius 2 is 2.13 bits per heavy atom. The van der Waals surface area contributed by atoms with Crippen LogP contribution in [0.4, 0.5) is 5.82 Å². The average molecular weight is 416 g/mol. The van der Waals surface area contributed by atoms with Gasteiger partial charge in [0.2, 0.25) is 0 Å². The van der Waals surface area contributed by atoms with Crippen molar-refractivity contribution in [3.63, 3.8) is 0 Å². The van der Waals surface area contributed by atoms with Crippen LogP contribution < -0.4 is 15.4 Å². The van der Waals surface area contributed by atoms with Gasteiger partial charge in [0.15, 0.2) is 0 Å². The number of aromatic nitrogens is 5. The first-order chi connectivity index (χ1) is 15.2. The summed E-state index contributed by atoms with van der Waals surface area (Å²) < 4.78 is 10.1. The molecule has 2 fully saturated rings. The lowest BCUT2D eigenvalue weighted by molar-refractivity contribution is 0.305. The molecule has 0 spiro atoms. The number of hydrogen-bond acceptors (Lipinski definition) is 6. The van der Waals surface area contributed by atoms with Gasteiger partial charge in [-0.2, -0.15) is 5.10 Å². The Kier molecular flexibility index (Phi) is 4.38. The molecule has 0 radical (unpaired) electrons. The molecule has 6 rings (SSSR count). The van der Waals surface area contributed by atoms with E-state index in [9.17, 15) is 0 Å². The third-order valence-corrected chi connectivity index (χ3v) is 5.88. The molecule has 4 aromatic rings. The number of nitrogens with one attached hydrogen (secondary N) is 2. The summed E-state index contributed by atoms with van der Waals surface area (Å²) in [6.07, 6.45) is 9.36. The summed E-state index contributed by atoms with van der Waals surface area (Å²) >= 11 is 0. The van der Waals surface area contributed by atoms with Gasteiger partial charge in [-0.1, -0.05) is 6.07 Å². The number of benzene rings is 1. The topological polar surface area (TPSA) is 81.8 Å². The van der Waals surface area contributed by atoms with Gasteiger partial charge in [-0.05, 0) is 44.0 Å². The van der Waals surface area contributed by atoms with Crippen LogP contribution in [-0.2, 0) is 7.05 Å². The molecule has 1 saturated carbocycles. The molecule has 1 unspecified atom stereocenters. The van der Waals surface area contributed by atoms with E-state index in [1.807, 2.05) is 59.3 Å². The van der Waals surface area contributed by atoms with Gasteiger partial charge < -0.3 is 15.4 Å². The van der Waals surface area contributed by atoms with E-state index in [0.717, 1.165) is 71.9 Å². The van der Waals surface area contributed by atoms with Crippen molar-refractivity contribution in [3.05, 3.63) is 49.1 Å². The second-order valence-electron chi connectivity index (χ2n) is 8.39. The van der Waals surface area contributed by atoms with Crippen LogP contribution in [0.1, 0.15) is 19.3 Å². The van der Waals surface area contributed by atoms with Crippen LogP contribution in [0, 0.1) is 0 Å². The smallest absolute Gasteiger partial charge is 0.140 e. The predicted molar refractivity (Wildman–Crippen MR) is 120 cm³/mol. The molecule has 1 aliphatic carbocycles. The summed E-state index contributed by atoms with van der Waals surface area (Å²) in [5.74, 6) is 2.59. The maximum atomic E-state index is 6.22. The minimum absolute atomic E-state index is 0.310. The van der Waals surface area contributed by atoms with Gasteiger partial charge in [0.05, 0.1) is 23.3 Å². The van der Waals surface area contributed by atoms with Crippen molar-refractivity contribution >= 4 is 16.9 Å². The Morgan fingerprint density at radius 3 is 2.90 bits per heavy atom. The first kappa shape index (κ1) is 18.4. The lowest BCUT2D eigenvalue weighted by Gasteiger charge is -2.14. The fourth-order valence-corrected chi connectivity index (χ4v) is 4.09. The van der Waals surface area contributed by atoms with Crippen LogP contribution in [0.15, 0.2) is 49.1 Å². The van der Waals surface area contributed by atoms with Crippen molar-refractivity contribution < 1.29 is 4.74 Å². The van der Waals surface area contributed by atoms with Crippen LogP contribution in [0.2, 0.25) is 0 Å². The van der Waals surface area contributed by atoms with E-state index < -0.39 is 0 Å². The molecule has 8 heteroatoms. The van der Waals surface area contributed by atoms with Crippen molar-refractivity contribution in [3.8, 4) is 22.7 Å². The van der Waals surface area contributed by atoms with E-state index in [1.54, 1.807) is 0 Å². The number of pyridine rings is 1. The maximum absolute atomic E-state index is 6.22. The fourth-order valence-electron chi connectivity index (χ4n) is 4.09. The van der Waals surface area contributed by atoms with E-state index in [2.05, 4.69) is 26.8 Å². The summed E-state index contributed by atoms with van der Waals surface area (Å²) in [7, 11) is 1.93. The number of ether oxygens (including phenoxy) is 1. The zero-order valence-corrected chi connectivity index (χ0v) is 17.5. The molecule has 31 heavy (non-hydrogen) atoms. The summed E-state index contributed by atoms with van der Waals surface area (Å²) in [4.78, 5) is 9.50. The van der Waals surface area contributed by atoms with Gasteiger partial charge in [0.25, 0.3) is 0 Å². The molecule has 1 aliphatic heterocycles. The molecule has 1 atom stereocenters. The number of aryl methyl sites for hydroxylation is 1. The van der Waals surface area contributed by atoms with Crippen LogP contribution in [0.25, 0.3) is 28.0 Å². The molecule has 2 N–H and O–H groups in total. The summed E-state index contributed by atoms with van der Waals surface area (Å²) in [6.45, 7) is 2.02. The summed E-state index contributed by atoms with van der Waals surface area (Å²) in [5, 5.41) is 11.3. The molecule has 3 aromatic heterocycles. The molecule has 1 aromatic carbocycles. The Labute approximate surface area is 180 Å². The molecule has 0 bridgehead atoms. The molecular weight excluding hydrogens is 390 g/mol. The second-order valence-corrected chi connectivity index (χ2v) is 8.39. The summed E-state index contributed by atoms with van der Waals surface area (Å²) in [5.41, 5.74) is 3.95. The maximum Gasteiger partial charge on any atom is 0.140 e. The highest BCUT2D eigenvalue weighted by Crippen LogP contribution is 2.38. The Morgan fingerprint density at radius 1 is 1.19 bits per heavy atom. The third-order valence-electron chi connectivity index (χ3n) is 5.88. The van der Waals surface area contributed by atoms with E-state index >= 15 is 0 Å². The first-order valence-electron chi connectivity index (χ1n) is 10.8. The van der Waals surface area contributed by atoms with Crippen molar-refractivity contribution in [2.75, 3.05) is 18.4 Å². The van der Waals surface area contributed by atoms with Crippen LogP contribution >= 0.6 is 0 Å². The molecule has 8 nitrogen and oxygen atoms in total. The van der Waals surface area contributed by atoms with Crippen LogP contribution in [-0.4, -0.2) is 49.6 Å². The Balaban J connectivity index is 1.41. The number of nitrogens with zero attached hydrogens (tertiary/aromatic N) is 5. The third kappa shape index (κ3) is 3.63. The Hall–Kier alpha value is -3.39. The van der Waals surface area contributed by atoms with E-state index in [0.29, 0.717) is 12.1 Å². The zero-order chi connectivity index (χ0) is 20.8. The monoisotopic (exact) mass is 415 g/mol. The minimum Gasteiger partial charge on any atom is -0.490 e. The highest BCUT2D eigenvalue weighted by Gasteiger charge is 2.26. The highest BCUT2D eigenvalue weighted by atomic mass is 16.5. The molecule has 158 valence electrons. The molecular formula is C23H25N7O. The van der Waals surface area contributed by atoms with Gasteiger partial charge in [-0.3, -0.25) is 9.25 Å². The Bertz CT molecular complexity index is 1230. The SMILES string of the molecule is Cn1cc(-c2cc3c(cc2OC2CC2)ncn3-c2cccc(NC3CCNC3)n2)cn1. The van der Waals surface area contributed by atoms with Crippen molar-refractivity contribution in [1.29, 1.82) is 0 Å². The van der Waals surface area contributed by atoms with Gasteiger partial charge in [-0.15, -0.1) is 0 Å². The molecule has 2 aliphatic rings. The minimum atomic E-state index is 0.310. The van der Waals surface area contributed by atoms with Gasteiger partial charge >= 0.3 is 0 Å². The number of fused-ring (bicyclic) bond motifs is 1. The van der Waals surface area contributed by atoms with Crippen LogP contribution in [0.3, 0.4) is 0 Å². The van der Waals surface area contributed by atoms with E-state index in [-0.39, 0.29) is 0 Å². The van der Waals surface area contributed by atoms with Crippen molar-refractivity contribution in [1.82, 2.24) is 29.6 Å². The standard InChI is InChI=1S/C23H25N7O/c1-29-13-15(11-26-29)18-9-20-19(10-21(18)31-17-5-6-17)25-14-30(20)23-4-2-3-22(28-23)27-16-7-8-24-12-16/h2-4,9-11,13-14,16-17,24H,5-8,12H2,1H3,(H,27,28). The molecule has 0 amide bonds. The van der Waals surface area contributed by atoms with Gasteiger partial charge in [0.1, 0.15) is 23.7 Å². The molecule has 1 saturated heterocycles. The second kappa shape index (κ2) is 7.39. The number of rotatable bonds is 6. The van der Waals surface area contributed by atoms with E-state index in [4.69, 9.17) is 9.72 Å². The normalized spacial score (nSPS) is 18.5. The van der Waals surface area contributed by atoms with Crippen molar-refractivity contribution in [2.24, 2.45) is 7.05 Å². The van der Waals surface area contributed by atoms with Gasteiger partial charge in [0, 0.05) is 43.0 Å². The van der Waals surface area contributed by atoms with Crippen LogP contribution in [0.5, 0.6) is 5.75 Å². The first-order valence-corrected chi connectivity index (χ1v) is 10.8. The zero-order valence-electron chi connectivity index (χ0n) is 17.5. The van der Waals surface area contributed by atoms with Crippen molar-refractivity contribution in [2.45, 2.75) is 31.4 Å². The number of hydrogen-bond donors (Lipinski definition) is 2. The van der Waals surface area contributed by atoms with E-state index in [1.165, 1.54) is 0 Å². The highest BCUT2D eigenvalue weighted by molar-refractivity contribution is 5.87. The fraction of sp³-hybridized carbons (Fsp3) is 0.348. The average Bonchev–Trinajstić information content (AvgIpc) is 3.14. The molecule has 4 heterocycles. The van der Waals surface area contributed by atoms with Gasteiger partial charge in [-0.25, -0.2) is 9.97 Å².